The topological polar surface area (TPSA) is 78.5 Å². The van der Waals surface area contributed by atoms with Gasteiger partial charge in [0.05, 0.1) is 10.9 Å². The van der Waals surface area contributed by atoms with Crippen molar-refractivity contribution in [2.24, 2.45) is 17.8 Å². The van der Waals surface area contributed by atoms with Gasteiger partial charge in [-0.1, -0.05) is 25.0 Å². The molecule has 176 valence electrons. The number of nitrogens with zero attached hydrogens (tertiary/aromatic N) is 1. The highest BCUT2D eigenvalue weighted by molar-refractivity contribution is 7.89. The summed E-state index contributed by atoms with van der Waals surface area (Å²) < 4.78 is 26.9. The molecule has 2 aliphatic carbocycles. The van der Waals surface area contributed by atoms with Crippen LogP contribution in [0, 0.1) is 17.8 Å². The van der Waals surface area contributed by atoms with Gasteiger partial charge in [-0.05, 0) is 84.4 Å². The van der Waals surface area contributed by atoms with Crippen LogP contribution in [0.25, 0.3) is 0 Å². The maximum absolute atomic E-state index is 12.8. The highest BCUT2D eigenvalue weighted by Gasteiger charge is 2.48. The molecule has 5 atom stereocenters. The summed E-state index contributed by atoms with van der Waals surface area (Å²) in [4.78, 5) is 11.8. The fourth-order valence-electron chi connectivity index (χ4n) is 6.55. The van der Waals surface area contributed by atoms with Crippen molar-refractivity contribution in [3.8, 4) is 0 Å². The average molecular weight is 468 g/mol. The number of fused-ring (bicyclic) bond motifs is 5. The number of carbonyl (C=O) groups excluding carboxylic acids is 1. The van der Waals surface area contributed by atoms with Gasteiger partial charge >= 0.3 is 0 Å². The highest BCUT2D eigenvalue weighted by atomic mass is 32.2. The summed E-state index contributed by atoms with van der Waals surface area (Å²) in [6, 6.07) is 14.0. The number of rotatable bonds is 4. The van der Waals surface area contributed by atoms with E-state index in [1.807, 2.05) is 24.3 Å². The Balaban J connectivity index is 1.56. The van der Waals surface area contributed by atoms with Gasteiger partial charge in [0.2, 0.25) is 15.9 Å². The van der Waals surface area contributed by atoms with E-state index < -0.39 is 10.0 Å². The first-order valence-corrected chi connectivity index (χ1v) is 13.4. The summed E-state index contributed by atoms with van der Waals surface area (Å²) in [6.07, 6.45) is 6.17. The van der Waals surface area contributed by atoms with Crippen LogP contribution in [0.2, 0.25) is 0 Å². The van der Waals surface area contributed by atoms with Crippen molar-refractivity contribution in [1.82, 2.24) is 4.31 Å². The zero-order valence-electron chi connectivity index (χ0n) is 19.5. The monoisotopic (exact) mass is 467 g/mol. The molecule has 0 aromatic heterocycles. The van der Waals surface area contributed by atoms with Gasteiger partial charge < -0.3 is 10.6 Å². The maximum Gasteiger partial charge on any atom is 0.242 e. The number of carbonyl (C=O) groups is 1. The average Bonchev–Trinajstić information content (AvgIpc) is 3.27. The van der Waals surface area contributed by atoms with Gasteiger partial charge in [0, 0.05) is 32.4 Å². The summed E-state index contributed by atoms with van der Waals surface area (Å²) in [5.74, 6) is 2.13. The molecule has 1 aliphatic heterocycles. The zero-order valence-corrected chi connectivity index (χ0v) is 20.4. The lowest BCUT2D eigenvalue weighted by molar-refractivity contribution is -0.114. The third kappa shape index (κ3) is 3.95. The molecule has 5 unspecified atom stereocenters. The van der Waals surface area contributed by atoms with Crippen LogP contribution in [0.3, 0.4) is 0 Å². The molecular formula is C26H33N3O3S. The van der Waals surface area contributed by atoms with Crippen LogP contribution in [0.1, 0.15) is 62.1 Å². The summed E-state index contributed by atoms with van der Waals surface area (Å²) >= 11 is 0. The number of sulfonamides is 1. The normalized spacial score (nSPS) is 28.4. The van der Waals surface area contributed by atoms with Crippen molar-refractivity contribution in [2.45, 2.75) is 55.9 Å². The van der Waals surface area contributed by atoms with E-state index in [2.05, 4.69) is 22.8 Å². The van der Waals surface area contributed by atoms with E-state index in [1.165, 1.54) is 42.5 Å². The first-order valence-electron chi connectivity index (χ1n) is 12.0. The summed E-state index contributed by atoms with van der Waals surface area (Å²) in [5.41, 5.74) is 4.22. The Labute approximate surface area is 196 Å². The lowest BCUT2D eigenvalue weighted by Gasteiger charge is -2.49. The second-order valence-corrected chi connectivity index (χ2v) is 12.2. The Morgan fingerprint density at radius 3 is 2.48 bits per heavy atom. The van der Waals surface area contributed by atoms with Crippen molar-refractivity contribution in [1.29, 1.82) is 0 Å². The molecule has 5 rings (SSSR count). The van der Waals surface area contributed by atoms with Crippen molar-refractivity contribution in [2.75, 3.05) is 24.7 Å². The number of nitrogens with one attached hydrogen (secondary N) is 2. The second-order valence-electron chi connectivity index (χ2n) is 10.1. The van der Waals surface area contributed by atoms with E-state index >= 15 is 0 Å². The Kier molecular flexibility index (Phi) is 5.73. The van der Waals surface area contributed by atoms with E-state index in [-0.39, 0.29) is 11.9 Å². The third-order valence-corrected chi connectivity index (χ3v) is 9.82. The molecule has 7 heteroatoms. The predicted molar refractivity (Wildman–Crippen MR) is 131 cm³/mol. The molecule has 2 saturated carbocycles. The van der Waals surface area contributed by atoms with Crippen LogP contribution >= 0.6 is 0 Å². The Morgan fingerprint density at radius 1 is 1.03 bits per heavy atom. The van der Waals surface area contributed by atoms with E-state index in [0.29, 0.717) is 22.6 Å². The van der Waals surface area contributed by atoms with Gasteiger partial charge in [0.15, 0.2) is 0 Å². The van der Waals surface area contributed by atoms with Gasteiger partial charge in [0.25, 0.3) is 0 Å². The smallest absolute Gasteiger partial charge is 0.242 e. The van der Waals surface area contributed by atoms with Crippen LogP contribution < -0.4 is 10.6 Å². The molecule has 1 amide bonds. The lowest BCUT2D eigenvalue weighted by atomic mass is 9.60. The quantitative estimate of drug-likeness (QED) is 0.665. The SMILES string of the molecule is CC(=O)Nc1ccc(C2Nc3ccc(S(=O)(=O)N(C)C)cc3C3CCC4CCCC4C32)cc1. The van der Waals surface area contributed by atoms with Gasteiger partial charge in [-0.15, -0.1) is 0 Å². The van der Waals surface area contributed by atoms with E-state index in [1.54, 1.807) is 20.2 Å². The van der Waals surface area contributed by atoms with E-state index in [4.69, 9.17) is 0 Å². The van der Waals surface area contributed by atoms with Crippen molar-refractivity contribution < 1.29 is 13.2 Å². The van der Waals surface area contributed by atoms with Crippen LogP contribution in [-0.2, 0) is 14.8 Å². The molecule has 2 aromatic carbocycles. The van der Waals surface area contributed by atoms with Gasteiger partial charge in [-0.3, -0.25) is 4.79 Å². The standard InChI is InChI=1S/C26H33N3O3S/c1-16(30)27-19-10-7-18(8-11-19)26-25-21-6-4-5-17(21)9-13-22(25)23-15-20(12-14-24(23)28-26)33(31,32)29(2)3/h7-8,10-12,14-15,17,21-22,25-26,28H,4-6,9,13H2,1-3H3,(H,27,30). The number of anilines is 2. The molecule has 0 radical (unpaired) electrons. The number of benzene rings is 2. The molecular weight excluding hydrogens is 434 g/mol. The molecule has 33 heavy (non-hydrogen) atoms. The molecule has 0 saturated heterocycles. The minimum Gasteiger partial charge on any atom is -0.378 e. The van der Waals surface area contributed by atoms with Crippen molar-refractivity contribution in [3.05, 3.63) is 53.6 Å². The van der Waals surface area contributed by atoms with Crippen molar-refractivity contribution in [3.63, 3.8) is 0 Å². The molecule has 1 heterocycles. The number of amides is 1. The Bertz CT molecular complexity index is 1160. The molecule has 2 fully saturated rings. The minimum atomic E-state index is -3.48. The summed E-state index contributed by atoms with van der Waals surface area (Å²) in [7, 11) is -0.308. The number of hydrogen-bond acceptors (Lipinski definition) is 4. The van der Waals surface area contributed by atoms with Crippen molar-refractivity contribution >= 4 is 27.3 Å². The Morgan fingerprint density at radius 2 is 1.79 bits per heavy atom. The summed E-state index contributed by atoms with van der Waals surface area (Å²) in [6.45, 7) is 1.52. The van der Waals surface area contributed by atoms with Crippen LogP contribution in [0.15, 0.2) is 47.4 Å². The fourth-order valence-corrected chi connectivity index (χ4v) is 7.49. The summed E-state index contributed by atoms with van der Waals surface area (Å²) in [5, 5.41) is 6.65. The first kappa shape index (κ1) is 22.4. The van der Waals surface area contributed by atoms with Crippen LogP contribution in [0.5, 0.6) is 0 Å². The third-order valence-electron chi connectivity index (χ3n) is 8.01. The van der Waals surface area contributed by atoms with E-state index in [0.717, 1.165) is 29.3 Å². The molecule has 0 bridgehead atoms. The molecule has 2 aromatic rings. The molecule has 6 nitrogen and oxygen atoms in total. The highest BCUT2D eigenvalue weighted by Crippen LogP contribution is 2.59. The van der Waals surface area contributed by atoms with Gasteiger partial charge in [-0.2, -0.15) is 0 Å². The maximum atomic E-state index is 12.8. The molecule has 0 spiro atoms. The largest absolute Gasteiger partial charge is 0.378 e. The second kappa shape index (κ2) is 8.44. The Hall–Kier alpha value is -2.38. The van der Waals surface area contributed by atoms with Gasteiger partial charge in [-0.25, -0.2) is 12.7 Å². The molecule has 2 N–H and O–H groups in total. The van der Waals surface area contributed by atoms with E-state index in [9.17, 15) is 13.2 Å². The lowest BCUT2D eigenvalue weighted by Crippen LogP contribution is -2.41. The van der Waals surface area contributed by atoms with Gasteiger partial charge in [0.1, 0.15) is 0 Å². The predicted octanol–water partition coefficient (Wildman–Crippen LogP) is 4.97. The minimum absolute atomic E-state index is 0.0721. The molecule has 3 aliphatic rings. The number of hydrogen-bond donors (Lipinski definition) is 2. The zero-order chi connectivity index (χ0) is 23.3. The first-order chi connectivity index (χ1) is 15.8. The van der Waals surface area contributed by atoms with Crippen LogP contribution in [0.4, 0.5) is 11.4 Å². The fraction of sp³-hybridized carbons (Fsp3) is 0.500. The van der Waals surface area contributed by atoms with Crippen LogP contribution in [-0.4, -0.2) is 32.7 Å².